The molecule has 1 saturated heterocycles. The van der Waals surface area contributed by atoms with Crippen molar-refractivity contribution in [2.45, 2.75) is 6.42 Å². The van der Waals surface area contributed by atoms with Gasteiger partial charge in [-0.15, -0.1) is 0 Å². The Kier molecular flexibility index (Phi) is 6.10. The molecule has 0 bridgehead atoms. The lowest BCUT2D eigenvalue weighted by atomic mass is 10.2. The highest BCUT2D eigenvalue weighted by atomic mass is 16.5. The number of anilines is 1. The molecule has 0 spiro atoms. The molecule has 140 valence electrons. The van der Waals surface area contributed by atoms with Crippen molar-refractivity contribution in [1.82, 2.24) is 9.88 Å². The maximum absolute atomic E-state index is 12.5. The van der Waals surface area contributed by atoms with Crippen LogP contribution in [0.1, 0.15) is 12.0 Å². The molecule has 2 aromatic rings. The van der Waals surface area contributed by atoms with E-state index < -0.39 is 0 Å². The molecule has 1 aliphatic rings. The maximum atomic E-state index is 12.5. The third-order valence-electron chi connectivity index (χ3n) is 4.46. The van der Waals surface area contributed by atoms with Gasteiger partial charge in [0, 0.05) is 38.4 Å². The number of hydrogen-bond acceptors (Lipinski definition) is 6. The number of nitrogens with zero attached hydrogens (tertiary/aromatic N) is 4. The van der Waals surface area contributed by atoms with Gasteiger partial charge in [0.2, 0.25) is 0 Å². The highest BCUT2D eigenvalue weighted by Gasteiger charge is 2.21. The Morgan fingerprint density at radius 1 is 1.19 bits per heavy atom. The van der Waals surface area contributed by atoms with Gasteiger partial charge in [-0.25, -0.2) is 4.98 Å². The van der Waals surface area contributed by atoms with Crippen molar-refractivity contribution in [3.63, 3.8) is 0 Å². The van der Waals surface area contributed by atoms with E-state index in [0.717, 1.165) is 13.0 Å². The molecule has 27 heavy (non-hydrogen) atoms. The third-order valence-corrected chi connectivity index (χ3v) is 4.46. The van der Waals surface area contributed by atoms with Crippen LogP contribution in [0.15, 0.2) is 42.6 Å². The van der Waals surface area contributed by atoms with E-state index in [1.807, 2.05) is 12.1 Å². The van der Waals surface area contributed by atoms with Crippen molar-refractivity contribution >= 4 is 11.7 Å². The second-order valence-corrected chi connectivity index (χ2v) is 6.18. The lowest BCUT2D eigenvalue weighted by molar-refractivity contribution is -0.133. The fourth-order valence-electron chi connectivity index (χ4n) is 3.04. The van der Waals surface area contributed by atoms with E-state index in [0.29, 0.717) is 42.5 Å². The summed E-state index contributed by atoms with van der Waals surface area (Å²) in [5.41, 5.74) is 0.554. The monoisotopic (exact) mass is 366 g/mol. The molecule has 1 fully saturated rings. The van der Waals surface area contributed by atoms with Crippen molar-refractivity contribution in [1.29, 1.82) is 5.26 Å². The normalized spacial score (nSPS) is 14.2. The molecule has 0 N–H and O–H groups in total. The maximum Gasteiger partial charge on any atom is 0.260 e. The van der Waals surface area contributed by atoms with Gasteiger partial charge in [0.1, 0.15) is 23.4 Å². The lowest BCUT2D eigenvalue weighted by Crippen LogP contribution is -2.38. The van der Waals surface area contributed by atoms with Gasteiger partial charge in [-0.05, 0) is 30.7 Å². The Labute approximate surface area is 158 Å². The Morgan fingerprint density at radius 2 is 2.04 bits per heavy atom. The van der Waals surface area contributed by atoms with E-state index in [2.05, 4.69) is 16.0 Å². The first-order valence-corrected chi connectivity index (χ1v) is 8.86. The van der Waals surface area contributed by atoms with E-state index in [4.69, 9.17) is 9.47 Å². The molecule has 0 radical (unpaired) electrons. The second kappa shape index (κ2) is 8.90. The number of methoxy groups -OCH3 is 1. The first kappa shape index (κ1) is 18.5. The molecule has 1 aromatic carbocycles. The molecule has 0 unspecified atom stereocenters. The predicted molar refractivity (Wildman–Crippen MR) is 101 cm³/mol. The van der Waals surface area contributed by atoms with Crippen LogP contribution in [0.3, 0.4) is 0 Å². The van der Waals surface area contributed by atoms with Crippen molar-refractivity contribution in [3.05, 3.63) is 48.2 Å². The number of carbonyl (C=O) groups excluding carboxylic acids is 1. The fraction of sp³-hybridized carbons (Fsp3) is 0.350. The Hall–Kier alpha value is -3.27. The number of ether oxygens (including phenoxy) is 2. The molecule has 0 aliphatic carbocycles. The summed E-state index contributed by atoms with van der Waals surface area (Å²) in [4.78, 5) is 20.7. The molecule has 2 heterocycles. The summed E-state index contributed by atoms with van der Waals surface area (Å²) < 4.78 is 10.8. The minimum Gasteiger partial charge on any atom is -0.497 e. The average molecular weight is 366 g/mol. The van der Waals surface area contributed by atoms with Crippen molar-refractivity contribution in [2.24, 2.45) is 0 Å². The number of rotatable bonds is 5. The Morgan fingerprint density at radius 3 is 2.85 bits per heavy atom. The molecule has 1 aliphatic heterocycles. The van der Waals surface area contributed by atoms with E-state index >= 15 is 0 Å². The zero-order valence-corrected chi connectivity index (χ0v) is 15.3. The minimum absolute atomic E-state index is 0.0137. The topological polar surface area (TPSA) is 78.7 Å². The molecule has 0 atom stereocenters. The van der Waals surface area contributed by atoms with Crippen molar-refractivity contribution in [3.8, 4) is 17.6 Å². The molecule has 7 heteroatoms. The highest BCUT2D eigenvalue weighted by molar-refractivity contribution is 5.78. The number of benzene rings is 1. The van der Waals surface area contributed by atoms with Gasteiger partial charge >= 0.3 is 0 Å². The van der Waals surface area contributed by atoms with Crippen LogP contribution in [-0.4, -0.2) is 55.7 Å². The molecule has 0 saturated carbocycles. The average Bonchev–Trinajstić information content (AvgIpc) is 2.98. The van der Waals surface area contributed by atoms with Gasteiger partial charge in [-0.1, -0.05) is 6.07 Å². The summed E-state index contributed by atoms with van der Waals surface area (Å²) in [5, 5.41) is 9.27. The molecule has 1 amide bonds. The first-order chi connectivity index (χ1) is 13.2. The van der Waals surface area contributed by atoms with Crippen LogP contribution in [0, 0.1) is 11.3 Å². The van der Waals surface area contributed by atoms with Crippen LogP contribution in [0.5, 0.6) is 11.5 Å². The van der Waals surface area contributed by atoms with Crippen LogP contribution in [0.2, 0.25) is 0 Å². The lowest BCUT2D eigenvalue weighted by Gasteiger charge is -2.23. The number of pyridine rings is 1. The Balaban J connectivity index is 1.57. The van der Waals surface area contributed by atoms with E-state index in [-0.39, 0.29) is 12.5 Å². The van der Waals surface area contributed by atoms with Gasteiger partial charge in [-0.2, -0.15) is 5.26 Å². The SMILES string of the molecule is COc1cccc(OCC(=O)N2CCCN(c3ncccc3C#N)CC2)c1. The summed E-state index contributed by atoms with van der Waals surface area (Å²) in [5.74, 6) is 1.92. The van der Waals surface area contributed by atoms with Crippen LogP contribution in [-0.2, 0) is 4.79 Å². The van der Waals surface area contributed by atoms with E-state index in [9.17, 15) is 10.1 Å². The molecule has 3 rings (SSSR count). The molecular weight excluding hydrogens is 344 g/mol. The summed E-state index contributed by atoms with van der Waals surface area (Å²) in [6.45, 7) is 2.61. The third kappa shape index (κ3) is 4.67. The number of amides is 1. The quantitative estimate of drug-likeness (QED) is 0.806. The molecule has 7 nitrogen and oxygen atoms in total. The fourth-order valence-corrected chi connectivity index (χ4v) is 3.04. The van der Waals surface area contributed by atoms with Crippen molar-refractivity contribution in [2.75, 3.05) is 44.8 Å². The summed E-state index contributed by atoms with van der Waals surface area (Å²) >= 11 is 0. The summed E-state index contributed by atoms with van der Waals surface area (Å²) in [6, 6.07) is 12.9. The standard InChI is InChI=1S/C20H22N4O3/c1-26-17-6-2-7-18(13-17)27-15-19(25)23-9-4-10-24(12-11-23)20-16(14-21)5-3-8-22-20/h2-3,5-8,13H,4,9-12,15H2,1H3. The minimum atomic E-state index is -0.0544. The zero-order chi connectivity index (χ0) is 19.1. The van der Waals surface area contributed by atoms with E-state index in [1.54, 1.807) is 42.5 Å². The first-order valence-electron chi connectivity index (χ1n) is 8.86. The number of nitriles is 1. The van der Waals surface area contributed by atoms with Gasteiger partial charge in [0.05, 0.1) is 12.7 Å². The second-order valence-electron chi connectivity index (χ2n) is 6.18. The van der Waals surface area contributed by atoms with Gasteiger partial charge < -0.3 is 19.3 Å². The van der Waals surface area contributed by atoms with Gasteiger partial charge in [-0.3, -0.25) is 4.79 Å². The number of aromatic nitrogens is 1. The van der Waals surface area contributed by atoms with Crippen molar-refractivity contribution < 1.29 is 14.3 Å². The van der Waals surface area contributed by atoms with Gasteiger partial charge in [0.25, 0.3) is 5.91 Å². The summed E-state index contributed by atoms with van der Waals surface area (Å²) in [6.07, 6.45) is 2.50. The van der Waals surface area contributed by atoms with Gasteiger partial charge in [0.15, 0.2) is 6.61 Å². The van der Waals surface area contributed by atoms with Crippen LogP contribution >= 0.6 is 0 Å². The smallest absolute Gasteiger partial charge is 0.260 e. The Bertz CT molecular complexity index is 834. The van der Waals surface area contributed by atoms with Crippen LogP contribution in [0.25, 0.3) is 0 Å². The number of hydrogen-bond donors (Lipinski definition) is 0. The molecule has 1 aromatic heterocycles. The predicted octanol–water partition coefficient (Wildman–Crippen LogP) is 2.08. The number of carbonyl (C=O) groups is 1. The zero-order valence-electron chi connectivity index (χ0n) is 15.3. The van der Waals surface area contributed by atoms with E-state index in [1.165, 1.54) is 0 Å². The van der Waals surface area contributed by atoms with Crippen LogP contribution in [0.4, 0.5) is 5.82 Å². The van der Waals surface area contributed by atoms with Crippen LogP contribution < -0.4 is 14.4 Å². The summed E-state index contributed by atoms with van der Waals surface area (Å²) in [7, 11) is 1.59. The largest absolute Gasteiger partial charge is 0.497 e. The highest BCUT2D eigenvalue weighted by Crippen LogP contribution is 2.20. The molecular formula is C20H22N4O3.